The number of hydrogen-bond acceptors (Lipinski definition) is 4. The summed E-state index contributed by atoms with van der Waals surface area (Å²) < 4.78 is 43.4. The lowest BCUT2D eigenvalue weighted by Crippen LogP contribution is -2.47. The van der Waals surface area contributed by atoms with E-state index >= 15 is 0 Å². The highest BCUT2D eigenvalue weighted by Crippen LogP contribution is 2.28. The maximum Gasteiger partial charge on any atom is 0.417 e. The second-order valence-electron chi connectivity index (χ2n) is 6.32. The van der Waals surface area contributed by atoms with Crippen molar-refractivity contribution in [3.05, 3.63) is 59.9 Å². The Balaban J connectivity index is 1.38. The van der Waals surface area contributed by atoms with Gasteiger partial charge in [-0.25, -0.2) is 0 Å². The fourth-order valence-electron chi connectivity index (χ4n) is 2.90. The van der Waals surface area contributed by atoms with Gasteiger partial charge < -0.3 is 4.74 Å². The van der Waals surface area contributed by atoms with Crippen LogP contribution >= 0.6 is 0 Å². The van der Waals surface area contributed by atoms with Gasteiger partial charge in [0.15, 0.2) is 0 Å². The zero-order chi connectivity index (χ0) is 18.4. The summed E-state index contributed by atoms with van der Waals surface area (Å²) in [5.74, 6) is 0.875. The Labute approximate surface area is 151 Å². The van der Waals surface area contributed by atoms with E-state index in [0.29, 0.717) is 18.8 Å². The minimum absolute atomic E-state index is 0.576. The Kier molecular flexibility index (Phi) is 6.11. The van der Waals surface area contributed by atoms with Crippen molar-refractivity contribution in [1.82, 2.24) is 14.8 Å². The molecule has 3 rings (SSSR count). The highest BCUT2D eigenvalue weighted by atomic mass is 19.4. The highest BCUT2D eigenvalue weighted by Gasteiger charge is 2.30. The maximum atomic E-state index is 12.6. The van der Waals surface area contributed by atoms with Crippen LogP contribution in [0.25, 0.3) is 0 Å². The molecule has 0 amide bonds. The molecule has 26 heavy (non-hydrogen) atoms. The molecule has 0 saturated carbocycles. The lowest BCUT2D eigenvalue weighted by atomic mass is 10.2. The van der Waals surface area contributed by atoms with Gasteiger partial charge in [0.05, 0.1) is 11.3 Å². The summed E-state index contributed by atoms with van der Waals surface area (Å²) in [6.07, 6.45) is -3.43. The number of rotatable bonds is 6. The van der Waals surface area contributed by atoms with Gasteiger partial charge >= 0.3 is 6.18 Å². The number of benzene rings is 1. The lowest BCUT2D eigenvalue weighted by molar-refractivity contribution is -0.137. The summed E-state index contributed by atoms with van der Waals surface area (Å²) in [5.41, 5.74) is -0.0386. The zero-order valence-electron chi connectivity index (χ0n) is 14.5. The van der Waals surface area contributed by atoms with E-state index in [0.717, 1.165) is 50.7 Å². The molecule has 1 saturated heterocycles. The first-order valence-corrected chi connectivity index (χ1v) is 8.65. The first-order valence-electron chi connectivity index (χ1n) is 8.65. The van der Waals surface area contributed by atoms with Crippen molar-refractivity contribution in [1.29, 1.82) is 0 Å². The molecule has 0 unspecified atom stereocenters. The van der Waals surface area contributed by atoms with E-state index in [4.69, 9.17) is 4.74 Å². The largest absolute Gasteiger partial charge is 0.492 e. The molecule has 0 aliphatic carbocycles. The molecule has 0 atom stereocenters. The van der Waals surface area contributed by atoms with E-state index < -0.39 is 11.7 Å². The van der Waals surface area contributed by atoms with Gasteiger partial charge in [-0.3, -0.25) is 14.8 Å². The van der Waals surface area contributed by atoms with Crippen LogP contribution in [0.5, 0.6) is 5.75 Å². The number of alkyl halides is 3. The zero-order valence-corrected chi connectivity index (χ0v) is 14.5. The Hall–Kier alpha value is -2.12. The van der Waals surface area contributed by atoms with Gasteiger partial charge in [-0.2, -0.15) is 13.2 Å². The highest BCUT2D eigenvalue weighted by molar-refractivity contribution is 5.20. The molecule has 1 aromatic carbocycles. The predicted octanol–water partition coefficient (Wildman–Crippen LogP) is 3.30. The smallest absolute Gasteiger partial charge is 0.417 e. The van der Waals surface area contributed by atoms with Gasteiger partial charge in [0.25, 0.3) is 0 Å². The maximum absolute atomic E-state index is 12.6. The van der Waals surface area contributed by atoms with Crippen LogP contribution in [0.3, 0.4) is 0 Å². The van der Waals surface area contributed by atoms with E-state index in [1.165, 1.54) is 6.07 Å². The summed E-state index contributed by atoms with van der Waals surface area (Å²) in [7, 11) is 0. The molecular formula is C19H22F3N3O. The molecule has 1 aliphatic rings. The number of para-hydroxylation sites is 1. The van der Waals surface area contributed by atoms with Crippen molar-refractivity contribution in [2.24, 2.45) is 0 Å². The van der Waals surface area contributed by atoms with Crippen LogP contribution in [0, 0.1) is 0 Å². The summed E-state index contributed by atoms with van der Waals surface area (Å²) >= 11 is 0. The molecule has 0 radical (unpaired) electrons. The first-order chi connectivity index (χ1) is 12.5. The number of nitrogens with zero attached hydrogens (tertiary/aromatic N) is 3. The molecule has 0 N–H and O–H groups in total. The van der Waals surface area contributed by atoms with Crippen LogP contribution < -0.4 is 4.74 Å². The molecule has 7 heteroatoms. The minimum atomic E-state index is -4.33. The molecule has 1 aromatic heterocycles. The van der Waals surface area contributed by atoms with Gasteiger partial charge in [0, 0.05) is 45.5 Å². The quantitative estimate of drug-likeness (QED) is 0.785. The Morgan fingerprint density at radius 2 is 1.62 bits per heavy atom. The van der Waals surface area contributed by atoms with Crippen LogP contribution in [0.1, 0.15) is 11.3 Å². The van der Waals surface area contributed by atoms with Crippen LogP contribution in [0.15, 0.2) is 48.7 Å². The number of hydrogen-bond donors (Lipinski definition) is 0. The standard InChI is InChI=1S/C19H22F3N3O/c20-19(21,22)16-6-7-17(23-14-16)15-25-10-8-24(9-11-25)12-13-26-18-4-2-1-3-5-18/h1-7,14H,8-13,15H2. The Morgan fingerprint density at radius 1 is 0.923 bits per heavy atom. The topological polar surface area (TPSA) is 28.6 Å². The fraction of sp³-hybridized carbons (Fsp3) is 0.421. The Morgan fingerprint density at radius 3 is 2.23 bits per heavy atom. The third kappa shape index (κ3) is 5.44. The van der Waals surface area contributed by atoms with E-state index in [9.17, 15) is 13.2 Å². The molecule has 1 fully saturated rings. The molecular weight excluding hydrogens is 343 g/mol. The van der Waals surface area contributed by atoms with Crippen LogP contribution in [-0.2, 0) is 12.7 Å². The molecule has 140 valence electrons. The minimum Gasteiger partial charge on any atom is -0.492 e. The Bertz CT molecular complexity index is 669. The molecule has 4 nitrogen and oxygen atoms in total. The molecule has 0 spiro atoms. The first kappa shape index (κ1) is 18.7. The van der Waals surface area contributed by atoms with Crippen molar-refractivity contribution < 1.29 is 17.9 Å². The van der Waals surface area contributed by atoms with E-state index in [2.05, 4.69) is 14.8 Å². The van der Waals surface area contributed by atoms with Crippen molar-refractivity contribution in [2.75, 3.05) is 39.3 Å². The van der Waals surface area contributed by atoms with Crippen molar-refractivity contribution >= 4 is 0 Å². The normalized spacial score (nSPS) is 16.6. The SMILES string of the molecule is FC(F)(F)c1ccc(CN2CCN(CCOc3ccccc3)CC2)nc1. The van der Waals surface area contributed by atoms with Crippen LogP contribution in [-0.4, -0.2) is 54.1 Å². The number of ether oxygens (including phenoxy) is 1. The van der Waals surface area contributed by atoms with Crippen molar-refractivity contribution in [2.45, 2.75) is 12.7 Å². The molecule has 1 aliphatic heterocycles. The van der Waals surface area contributed by atoms with Gasteiger partial charge in [-0.15, -0.1) is 0 Å². The number of halogens is 3. The summed E-state index contributed by atoms with van der Waals surface area (Å²) in [6, 6.07) is 12.3. The summed E-state index contributed by atoms with van der Waals surface area (Å²) in [6.45, 7) is 5.65. The summed E-state index contributed by atoms with van der Waals surface area (Å²) in [5, 5.41) is 0. The van der Waals surface area contributed by atoms with Gasteiger partial charge in [0.2, 0.25) is 0 Å². The number of piperazine rings is 1. The van der Waals surface area contributed by atoms with E-state index in [-0.39, 0.29) is 0 Å². The van der Waals surface area contributed by atoms with Gasteiger partial charge in [0.1, 0.15) is 12.4 Å². The van der Waals surface area contributed by atoms with Crippen molar-refractivity contribution in [3.63, 3.8) is 0 Å². The van der Waals surface area contributed by atoms with E-state index in [1.54, 1.807) is 0 Å². The summed E-state index contributed by atoms with van der Waals surface area (Å²) in [4.78, 5) is 8.49. The number of aromatic nitrogens is 1. The molecule has 2 aromatic rings. The second kappa shape index (κ2) is 8.51. The third-order valence-corrected chi connectivity index (χ3v) is 4.42. The lowest BCUT2D eigenvalue weighted by Gasteiger charge is -2.34. The van der Waals surface area contributed by atoms with E-state index in [1.807, 2.05) is 30.3 Å². The predicted molar refractivity (Wildman–Crippen MR) is 92.9 cm³/mol. The molecule has 2 heterocycles. The fourth-order valence-corrected chi connectivity index (χ4v) is 2.90. The van der Waals surface area contributed by atoms with Gasteiger partial charge in [-0.1, -0.05) is 18.2 Å². The van der Waals surface area contributed by atoms with Crippen LogP contribution in [0.4, 0.5) is 13.2 Å². The van der Waals surface area contributed by atoms with Gasteiger partial charge in [-0.05, 0) is 24.3 Å². The van der Waals surface area contributed by atoms with Crippen LogP contribution in [0.2, 0.25) is 0 Å². The van der Waals surface area contributed by atoms with Crippen molar-refractivity contribution in [3.8, 4) is 5.75 Å². The molecule has 0 bridgehead atoms. The average molecular weight is 365 g/mol. The number of pyridine rings is 1. The monoisotopic (exact) mass is 365 g/mol. The average Bonchev–Trinajstić information content (AvgIpc) is 2.64. The second-order valence-corrected chi connectivity index (χ2v) is 6.32. The third-order valence-electron chi connectivity index (χ3n) is 4.42.